The third-order valence-corrected chi connectivity index (χ3v) is 6.04. The van der Waals surface area contributed by atoms with Gasteiger partial charge >= 0.3 is 29.8 Å². The second-order valence-electron chi connectivity index (χ2n) is 8.81. The van der Waals surface area contributed by atoms with E-state index in [-0.39, 0.29) is 18.6 Å². The normalized spacial score (nSPS) is 34.3. The van der Waals surface area contributed by atoms with Crippen molar-refractivity contribution in [2.45, 2.75) is 76.7 Å². The van der Waals surface area contributed by atoms with E-state index in [1.54, 1.807) is 0 Å². The van der Waals surface area contributed by atoms with Crippen LogP contribution >= 0.6 is 0 Å². The molecule has 3 aliphatic heterocycles. The molecule has 0 saturated carbocycles. The minimum absolute atomic E-state index is 0.0169. The Balaban J connectivity index is 1.99. The topological polar surface area (TPSA) is 179 Å². The molecule has 3 rings (SSSR count). The summed E-state index contributed by atoms with van der Waals surface area (Å²) in [7, 11) is 0. The number of carbonyl (C=O) groups is 5. The zero-order valence-corrected chi connectivity index (χ0v) is 21.3. The quantitative estimate of drug-likeness (QED) is 0.242. The van der Waals surface area contributed by atoms with Crippen molar-refractivity contribution in [3.05, 3.63) is 24.5 Å². The highest BCUT2D eigenvalue weighted by molar-refractivity contribution is 5.91. The van der Waals surface area contributed by atoms with Gasteiger partial charge in [0.1, 0.15) is 23.9 Å². The maximum absolute atomic E-state index is 12.2. The molecule has 2 saturated heterocycles. The summed E-state index contributed by atoms with van der Waals surface area (Å²) in [5, 5.41) is 11.3. The number of cyclic esters (lactones) is 1. The maximum Gasteiger partial charge on any atom is 0.340 e. The number of hydrogen-bond donors (Lipinski definition) is 1. The van der Waals surface area contributed by atoms with E-state index < -0.39 is 85.0 Å². The lowest BCUT2D eigenvalue weighted by Gasteiger charge is -2.47. The first-order valence-corrected chi connectivity index (χ1v) is 11.7. The Hall–Kier alpha value is -3.49. The first-order chi connectivity index (χ1) is 17.9. The van der Waals surface area contributed by atoms with E-state index in [0.29, 0.717) is 0 Å². The monoisotopic (exact) mass is 542 g/mol. The minimum Gasteiger partial charge on any atom is -0.471 e. The van der Waals surface area contributed by atoms with Gasteiger partial charge < -0.3 is 43.0 Å². The lowest BCUT2D eigenvalue weighted by Crippen LogP contribution is -2.64. The molecule has 2 fully saturated rings. The van der Waals surface area contributed by atoms with Crippen LogP contribution in [0.25, 0.3) is 0 Å². The molecule has 14 nitrogen and oxygen atoms in total. The van der Waals surface area contributed by atoms with Gasteiger partial charge in [0, 0.05) is 34.1 Å². The van der Waals surface area contributed by atoms with Crippen molar-refractivity contribution in [3.8, 4) is 0 Å². The second kappa shape index (κ2) is 11.9. The molecule has 0 radical (unpaired) electrons. The van der Waals surface area contributed by atoms with Crippen LogP contribution in [-0.2, 0) is 61.9 Å². The van der Waals surface area contributed by atoms with Crippen molar-refractivity contribution >= 4 is 29.8 Å². The van der Waals surface area contributed by atoms with E-state index in [1.165, 1.54) is 6.08 Å². The van der Waals surface area contributed by atoms with Crippen molar-refractivity contribution in [3.63, 3.8) is 0 Å². The molecule has 0 aromatic rings. The fourth-order valence-corrected chi connectivity index (χ4v) is 4.48. The number of hydrogen-bond acceptors (Lipinski definition) is 14. The van der Waals surface area contributed by atoms with E-state index in [2.05, 4.69) is 6.58 Å². The van der Waals surface area contributed by atoms with Gasteiger partial charge in [-0.2, -0.15) is 0 Å². The van der Waals surface area contributed by atoms with E-state index >= 15 is 0 Å². The first-order valence-electron chi connectivity index (χ1n) is 11.7. The van der Waals surface area contributed by atoms with Crippen molar-refractivity contribution in [2.75, 3.05) is 13.2 Å². The zero-order valence-electron chi connectivity index (χ0n) is 21.3. The molecule has 0 bridgehead atoms. The highest BCUT2D eigenvalue weighted by Gasteiger charge is 2.57. The van der Waals surface area contributed by atoms with Crippen LogP contribution in [0.5, 0.6) is 0 Å². The number of carbonyl (C=O) groups excluding carboxylic acids is 5. The maximum atomic E-state index is 12.2. The van der Waals surface area contributed by atoms with Gasteiger partial charge in [-0.05, 0) is 0 Å². The van der Waals surface area contributed by atoms with Crippen LogP contribution in [0.15, 0.2) is 24.5 Å². The summed E-state index contributed by atoms with van der Waals surface area (Å²) in [5.41, 5.74) is -1.88. The van der Waals surface area contributed by atoms with Gasteiger partial charge in [-0.25, -0.2) is 4.79 Å². The minimum atomic E-state index is -1.75. The standard InChI is InChI=1S/C24H30O14/c1-6-15-22(33-9-16-21(29)31-8-7-24(15,16)30)38-23-20(36-14(5)28)19(35-13(4)27)18(34-12(3)26)17(37-23)10-32-11(2)25/h6,9,15,17-20,22-23,30H,1,7-8,10H2,2-5H3. The Morgan fingerprint density at radius 2 is 1.61 bits per heavy atom. The molecule has 0 aromatic heterocycles. The fraction of sp³-hybridized carbons (Fsp3) is 0.625. The molecule has 3 heterocycles. The first kappa shape index (κ1) is 29.1. The molecular formula is C24H30O14. The summed E-state index contributed by atoms with van der Waals surface area (Å²) in [4.78, 5) is 59.5. The summed E-state index contributed by atoms with van der Waals surface area (Å²) in [5.74, 6) is -4.87. The van der Waals surface area contributed by atoms with E-state index in [4.69, 9.17) is 37.9 Å². The van der Waals surface area contributed by atoms with Gasteiger partial charge in [-0.3, -0.25) is 19.2 Å². The average Bonchev–Trinajstić information content (AvgIpc) is 2.80. The number of ether oxygens (including phenoxy) is 8. The molecule has 14 heteroatoms. The third-order valence-electron chi connectivity index (χ3n) is 6.04. The van der Waals surface area contributed by atoms with E-state index in [0.717, 1.165) is 34.0 Å². The Kier molecular flexibility index (Phi) is 9.12. The van der Waals surface area contributed by atoms with Crippen LogP contribution in [0, 0.1) is 5.92 Å². The van der Waals surface area contributed by atoms with Crippen LogP contribution in [0.4, 0.5) is 0 Å². The molecular weight excluding hydrogens is 512 g/mol. The molecule has 38 heavy (non-hydrogen) atoms. The zero-order chi connectivity index (χ0) is 28.2. The molecule has 0 spiro atoms. The van der Waals surface area contributed by atoms with E-state index in [1.807, 2.05) is 0 Å². The Labute approximate surface area is 217 Å². The van der Waals surface area contributed by atoms with Gasteiger partial charge in [-0.15, -0.1) is 6.58 Å². The highest BCUT2D eigenvalue weighted by Crippen LogP contribution is 2.42. The Morgan fingerprint density at radius 1 is 1.00 bits per heavy atom. The van der Waals surface area contributed by atoms with Crippen molar-refractivity contribution in [1.29, 1.82) is 0 Å². The molecule has 3 aliphatic rings. The predicted molar refractivity (Wildman–Crippen MR) is 120 cm³/mol. The molecule has 0 aliphatic carbocycles. The molecule has 8 unspecified atom stereocenters. The molecule has 0 aromatic carbocycles. The summed E-state index contributed by atoms with van der Waals surface area (Å²) in [6.45, 7) is 7.61. The number of aliphatic hydroxyl groups is 1. The molecule has 210 valence electrons. The van der Waals surface area contributed by atoms with Crippen LogP contribution in [0.3, 0.4) is 0 Å². The van der Waals surface area contributed by atoms with Gasteiger partial charge in [0.2, 0.25) is 12.6 Å². The highest BCUT2D eigenvalue weighted by atomic mass is 16.8. The van der Waals surface area contributed by atoms with Gasteiger partial charge in [-0.1, -0.05) is 6.08 Å². The summed E-state index contributed by atoms with van der Waals surface area (Å²) in [6, 6.07) is 0. The largest absolute Gasteiger partial charge is 0.471 e. The lowest BCUT2D eigenvalue weighted by atomic mass is 9.76. The third kappa shape index (κ3) is 6.31. The SMILES string of the molecule is C=CC1C(OC2OC(COC(C)=O)C(OC(C)=O)C(OC(C)=O)C2OC(C)=O)OC=C2C(=O)OCCC21O. The number of esters is 5. The van der Waals surface area contributed by atoms with Gasteiger partial charge in [0.25, 0.3) is 0 Å². The van der Waals surface area contributed by atoms with Gasteiger partial charge in [0.05, 0.1) is 18.8 Å². The summed E-state index contributed by atoms with van der Waals surface area (Å²) in [6.07, 6.45) is -6.13. The number of fused-ring (bicyclic) bond motifs is 1. The molecule has 0 amide bonds. The molecule has 8 atom stereocenters. The van der Waals surface area contributed by atoms with Crippen LogP contribution in [0.2, 0.25) is 0 Å². The van der Waals surface area contributed by atoms with Gasteiger partial charge in [0.15, 0.2) is 18.3 Å². The lowest BCUT2D eigenvalue weighted by molar-refractivity contribution is -0.346. The Morgan fingerprint density at radius 3 is 2.18 bits per heavy atom. The Bertz CT molecular complexity index is 1000. The summed E-state index contributed by atoms with van der Waals surface area (Å²) >= 11 is 0. The molecule has 1 N–H and O–H groups in total. The van der Waals surface area contributed by atoms with Crippen molar-refractivity contribution < 1.29 is 67.0 Å². The fourth-order valence-electron chi connectivity index (χ4n) is 4.48. The van der Waals surface area contributed by atoms with E-state index in [9.17, 15) is 29.1 Å². The second-order valence-corrected chi connectivity index (χ2v) is 8.81. The van der Waals surface area contributed by atoms with Crippen LogP contribution in [0.1, 0.15) is 34.1 Å². The average molecular weight is 542 g/mol. The van der Waals surface area contributed by atoms with Crippen molar-refractivity contribution in [1.82, 2.24) is 0 Å². The smallest absolute Gasteiger partial charge is 0.340 e. The summed E-state index contributed by atoms with van der Waals surface area (Å²) < 4.78 is 43.5. The number of rotatable bonds is 8. The van der Waals surface area contributed by atoms with Crippen molar-refractivity contribution in [2.24, 2.45) is 5.92 Å². The van der Waals surface area contributed by atoms with Crippen LogP contribution < -0.4 is 0 Å². The predicted octanol–water partition coefficient (Wildman–Crippen LogP) is -0.193. The van der Waals surface area contributed by atoms with Crippen LogP contribution in [-0.4, -0.2) is 90.8 Å².